The minimum atomic E-state index is -0.456. The molecule has 0 aromatic carbocycles. The Bertz CT molecular complexity index is 123. The largest absolute Gasteiger partial charge is 0.579 e. The molecule has 4 heteroatoms. The first kappa shape index (κ1) is 5.24. The van der Waals surface area contributed by atoms with Gasteiger partial charge in [0.05, 0.1) is 0 Å². The van der Waals surface area contributed by atoms with E-state index in [4.69, 9.17) is 10.2 Å². The molecule has 1 aliphatic rings. The molecule has 0 amide bonds. The standard InChI is InChI=1S/C4H8N2O2/c1-6-2-3(7)5-4(6)8/h2,4-5,7-8H,1H3/p+2/t4-/m1/s1. The maximum Gasteiger partial charge on any atom is 0.354 e. The Morgan fingerprint density at radius 3 is 2.62 bits per heavy atom. The summed E-state index contributed by atoms with van der Waals surface area (Å²) in [6.07, 6.45) is 1.12. The summed E-state index contributed by atoms with van der Waals surface area (Å²) in [5.41, 5.74) is 0. The second-order valence-electron chi connectivity index (χ2n) is 1.76. The summed E-state index contributed by atoms with van der Waals surface area (Å²) < 4.78 is 0. The van der Waals surface area contributed by atoms with Crippen molar-refractivity contribution in [1.29, 1.82) is 0 Å². The number of rotatable bonds is 0. The summed E-state index contributed by atoms with van der Waals surface area (Å²) in [6, 6.07) is 0. The lowest BCUT2D eigenvalue weighted by Crippen LogP contribution is -2.32. The van der Waals surface area contributed by atoms with E-state index in [1.807, 2.05) is 0 Å². The fraction of sp³-hybridized carbons (Fsp3) is 0.500. The van der Waals surface area contributed by atoms with Crippen LogP contribution in [0.5, 0.6) is 0 Å². The van der Waals surface area contributed by atoms with Gasteiger partial charge >= 0.3 is 12.2 Å². The maximum atomic E-state index is 7.11. The molecule has 0 bridgehead atoms. The fourth-order valence-corrected chi connectivity index (χ4v) is 0.565. The monoisotopic (exact) mass is 118 g/mol. The Labute approximate surface area is 47.0 Å². The van der Waals surface area contributed by atoms with Gasteiger partial charge in [0.2, 0.25) is 0 Å². The van der Waals surface area contributed by atoms with Crippen molar-refractivity contribution < 1.29 is 10.2 Å². The van der Waals surface area contributed by atoms with E-state index in [0.29, 0.717) is 5.88 Å². The van der Waals surface area contributed by atoms with E-state index in [9.17, 15) is 0 Å². The summed E-state index contributed by atoms with van der Waals surface area (Å²) in [7, 11) is 1.76. The van der Waals surface area contributed by atoms with Crippen molar-refractivity contribution in [2.45, 2.75) is 6.35 Å². The Balaban J connectivity index is 2.56. The predicted octanol–water partition coefficient (Wildman–Crippen LogP) is -1.95. The van der Waals surface area contributed by atoms with E-state index in [1.54, 1.807) is 18.1 Å². The molecule has 0 aromatic rings. The first-order chi connectivity index (χ1) is 3.70. The smallest absolute Gasteiger partial charge is 0.354 e. The summed E-state index contributed by atoms with van der Waals surface area (Å²) in [4.78, 5) is 1.63. The first-order valence-electron chi connectivity index (χ1n) is 2.33. The van der Waals surface area contributed by atoms with Crippen molar-refractivity contribution in [2.75, 3.05) is 7.05 Å². The van der Waals surface area contributed by atoms with Crippen LogP contribution in [0.1, 0.15) is 0 Å². The van der Waals surface area contributed by atoms with E-state index >= 15 is 0 Å². The van der Waals surface area contributed by atoms with Gasteiger partial charge in [0.15, 0.2) is 0 Å². The van der Waals surface area contributed by atoms with Crippen LogP contribution in [-0.4, -0.2) is 28.5 Å². The molecule has 0 unspecified atom stereocenters. The van der Waals surface area contributed by atoms with Crippen LogP contribution in [0, 0.1) is 0 Å². The maximum absolute atomic E-state index is 7.11. The molecule has 4 nitrogen and oxygen atoms in total. The quantitative estimate of drug-likeness (QED) is 0.376. The highest BCUT2D eigenvalue weighted by Crippen LogP contribution is 2.01. The lowest BCUT2D eigenvalue weighted by molar-refractivity contribution is 0.0453. The Morgan fingerprint density at radius 1 is 1.88 bits per heavy atom. The normalized spacial score (nSPS) is 27.5. The molecular formula is C4H10N2O2+2. The van der Waals surface area contributed by atoms with E-state index in [0.717, 1.165) is 0 Å². The van der Waals surface area contributed by atoms with Crippen molar-refractivity contribution in [3.8, 4) is 0 Å². The van der Waals surface area contributed by atoms with Crippen LogP contribution in [0.2, 0.25) is 0 Å². The fourth-order valence-electron chi connectivity index (χ4n) is 0.565. The van der Waals surface area contributed by atoms with Gasteiger partial charge in [0.1, 0.15) is 6.20 Å². The third-order valence-corrected chi connectivity index (χ3v) is 1.03. The Kier molecular flexibility index (Phi) is 1.02. The molecule has 0 saturated carbocycles. The highest BCUT2D eigenvalue weighted by Gasteiger charge is 2.23. The summed E-state index contributed by atoms with van der Waals surface area (Å²) in [6.45, 7) is 0. The van der Waals surface area contributed by atoms with Crippen LogP contribution in [0.15, 0.2) is 12.1 Å². The zero-order valence-electron chi connectivity index (χ0n) is 4.60. The number of hydrogen-bond donors (Lipinski definition) is 1. The predicted molar refractivity (Wildman–Crippen MR) is 30.0 cm³/mol. The van der Waals surface area contributed by atoms with Gasteiger partial charge in [-0.05, 0) is 0 Å². The van der Waals surface area contributed by atoms with Gasteiger partial charge in [-0.25, -0.2) is 5.32 Å². The second kappa shape index (κ2) is 1.56. The van der Waals surface area contributed by atoms with Crippen molar-refractivity contribution >= 4 is 0 Å². The summed E-state index contributed by atoms with van der Waals surface area (Å²) in [5.74, 6) is 0.313. The molecule has 1 atom stereocenters. The number of nitrogens with zero attached hydrogens (tertiary/aromatic N) is 1. The molecular weight excluding hydrogens is 108 g/mol. The molecule has 5 N–H and O–H groups in total. The van der Waals surface area contributed by atoms with Crippen LogP contribution in [0.4, 0.5) is 0 Å². The SMILES string of the molecule is CN1C=C([OH2+])N[C@H]1[OH2+]. The van der Waals surface area contributed by atoms with E-state index in [2.05, 4.69) is 5.32 Å². The van der Waals surface area contributed by atoms with E-state index in [1.165, 1.54) is 0 Å². The lowest BCUT2D eigenvalue weighted by Gasteiger charge is -2.06. The molecule has 0 aliphatic carbocycles. The minimum absolute atomic E-state index is 0.313. The van der Waals surface area contributed by atoms with Crippen LogP contribution in [0.3, 0.4) is 0 Å². The molecule has 0 aromatic heterocycles. The summed E-state index contributed by atoms with van der Waals surface area (Å²) >= 11 is 0. The van der Waals surface area contributed by atoms with Crippen molar-refractivity contribution in [3.63, 3.8) is 0 Å². The highest BCUT2D eigenvalue weighted by molar-refractivity contribution is 4.94. The Hall–Kier alpha value is -0.900. The van der Waals surface area contributed by atoms with Gasteiger partial charge in [-0.1, -0.05) is 0 Å². The van der Waals surface area contributed by atoms with Gasteiger partial charge in [-0.2, -0.15) is 0 Å². The first-order valence-corrected chi connectivity index (χ1v) is 2.33. The highest BCUT2D eigenvalue weighted by atomic mass is 16.3. The van der Waals surface area contributed by atoms with E-state index in [-0.39, 0.29) is 0 Å². The van der Waals surface area contributed by atoms with Gasteiger partial charge in [-0.15, -0.1) is 0 Å². The van der Waals surface area contributed by atoms with Gasteiger partial charge in [0, 0.05) is 7.05 Å². The summed E-state index contributed by atoms with van der Waals surface area (Å²) in [5, 5.41) is 16.7. The van der Waals surface area contributed by atoms with E-state index < -0.39 is 6.35 Å². The molecule has 46 valence electrons. The second-order valence-corrected chi connectivity index (χ2v) is 1.76. The average Bonchev–Trinajstić information content (AvgIpc) is 1.85. The van der Waals surface area contributed by atoms with Crippen molar-refractivity contribution in [3.05, 3.63) is 12.1 Å². The number of nitrogens with one attached hydrogen (secondary N) is 1. The average molecular weight is 118 g/mol. The van der Waals surface area contributed by atoms with Crippen molar-refractivity contribution in [2.24, 2.45) is 0 Å². The molecule has 8 heavy (non-hydrogen) atoms. The zero-order chi connectivity index (χ0) is 6.15. The topological polar surface area (TPSA) is 61.1 Å². The van der Waals surface area contributed by atoms with Crippen LogP contribution in [-0.2, 0) is 0 Å². The van der Waals surface area contributed by atoms with Crippen LogP contribution < -0.4 is 5.32 Å². The molecule has 1 aliphatic heterocycles. The molecule has 1 heterocycles. The third kappa shape index (κ3) is 0.696. The zero-order valence-corrected chi connectivity index (χ0v) is 4.60. The molecule has 0 fully saturated rings. The van der Waals surface area contributed by atoms with Gasteiger partial charge in [-0.3, -0.25) is 4.90 Å². The number of hydrogen-bond acceptors (Lipinski definition) is 2. The minimum Gasteiger partial charge on any atom is -0.579 e. The van der Waals surface area contributed by atoms with Crippen molar-refractivity contribution in [1.82, 2.24) is 10.2 Å². The molecule has 1 rings (SSSR count). The van der Waals surface area contributed by atoms with Crippen LogP contribution in [0.25, 0.3) is 0 Å². The molecule has 0 saturated heterocycles. The molecule has 0 spiro atoms. The van der Waals surface area contributed by atoms with Gasteiger partial charge < -0.3 is 10.2 Å². The Morgan fingerprint density at radius 2 is 2.50 bits per heavy atom. The lowest BCUT2D eigenvalue weighted by atomic mass is 10.8. The van der Waals surface area contributed by atoms with Crippen LogP contribution >= 0.6 is 0 Å². The van der Waals surface area contributed by atoms with Gasteiger partial charge in [0.25, 0.3) is 0 Å². The third-order valence-electron chi connectivity index (χ3n) is 1.03. The molecule has 0 radical (unpaired) electrons.